The van der Waals surface area contributed by atoms with Crippen molar-refractivity contribution in [3.63, 3.8) is 0 Å². The third-order valence-electron chi connectivity index (χ3n) is 8.27. The summed E-state index contributed by atoms with van der Waals surface area (Å²) in [6.45, 7) is 4.01. The molecule has 0 aliphatic carbocycles. The zero-order chi connectivity index (χ0) is 32.7. The van der Waals surface area contributed by atoms with Crippen molar-refractivity contribution in [3.8, 4) is 0 Å². The second-order valence-electron chi connectivity index (χ2n) is 12.6. The van der Waals surface area contributed by atoms with Gasteiger partial charge in [-0.1, -0.05) is 155 Å². The summed E-state index contributed by atoms with van der Waals surface area (Å²) in [5, 5.41) is 24.0. The molecule has 4 atom stereocenters. The minimum atomic E-state index is -4.36. The van der Waals surface area contributed by atoms with Crippen molar-refractivity contribution in [2.75, 3.05) is 19.8 Å². The van der Waals surface area contributed by atoms with E-state index in [1.807, 2.05) is 0 Å². The number of carbonyl (C=O) groups is 1. The fourth-order valence-corrected chi connectivity index (χ4v) is 6.23. The van der Waals surface area contributed by atoms with Gasteiger partial charge in [0, 0.05) is 6.54 Å². The van der Waals surface area contributed by atoms with Crippen LogP contribution < -0.4 is 11.1 Å². The van der Waals surface area contributed by atoms with Crippen LogP contribution in [-0.2, 0) is 18.4 Å². The molecule has 0 bridgehead atoms. The lowest BCUT2D eigenvalue weighted by atomic mass is 10.0. The molecule has 264 valence electrons. The van der Waals surface area contributed by atoms with Crippen molar-refractivity contribution in [2.45, 2.75) is 193 Å². The number of hydrogen-bond acceptors (Lipinski definition) is 7. The number of carbonyl (C=O) groups excluding carboxylic acids is 1. The second kappa shape index (κ2) is 31.1. The molecule has 0 fully saturated rings. The Kier molecular flexibility index (Phi) is 30.7. The van der Waals surface area contributed by atoms with Crippen molar-refractivity contribution >= 4 is 13.7 Å². The van der Waals surface area contributed by atoms with Crippen molar-refractivity contribution in [1.82, 2.24) is 5.32 Å². The van der Waals surface area contributed by atoms with Crippen LogP contribution in [0.4, 0.5) is 0 Å². The third-order valence-corrected chi connectivity index (χ3v) is 9.25. The average molecular weight is 651 g/mol. The van der Waals surface area contributed by atoms with Gasteiger partial charge in [-0.2, -0.15) is 0 Å². The molecule has 0 aromatic rings. The highest BCUT2D eigenvalue weighted by Gasteiger charge is 2.28. The molecule has 0 rings (SSSR count). The van der Waals surface area contributed by atoms with Crippen molar-refractivity contribution in [3.05, 3.63) is 0 Å². The van der Waals surface area contributed by atoms with E-state index in [2.05, 4.69) is 19.2 Å². The van der Waals surface area contributed by atoms with E-state index < -0.39 is 32.0 Å². The van der Waals surface area contributed by atoms with Crippen molar-refractivity contribution in [2.24, 2.45) is 5.73 Å². The minimum absolute atomic E-state index is 0.0620. The summed E-state index contributed by atoms with van der Waals surface area (Å²) < 4.78 is 22.0. The first kappa shape index (κ1) is 43.5. The maximum absolute atomic E-state index is 12.7. The molecule has 9 nitrogen and oxygen atoms in total. The van der Waals surface area contributed by atoms with Gasteiger partial charge in [0.05, 0.1) is 37.9 Å². The van der Waals surface area contributed by atoms with Gasteiger partial charge < -0.3 is 26.2 Å². The fourth-order valence-electron chi connectivity index (χ4n) is 5.47. The number of hydrogen-bond donors (Lipinski definition) is 5. The molecule has 0 aromatic carbocycles. The standard InChI is InChI=1S/C34H71N2O7P/c1-3-5-7-9-11-13-15-16-17-19-21-23-25-31(37)29-34(39)36-32(30-43-44(40,41)42-28-27-35)33(38)26-24-22-20-18-14-12-10-8-6-4-2/h31-33,37-38H,3-30,35H2,1-2H3,(H,36,39)(H,40,41). The smallest absolute Gasteiger partial charge is 0.393 e. The Morgan fingerprint density at radius 3 is 1.52 bits per heavy atom. The number of phosphoric ester groups is 1. The maximum atomic E-state index is 12.7. The Hall–Kier alpha value is -0.540. The highest BCUT2D eigenvalue weighted by atomic mass is 31.2. The van der Waals surface area contributed by atoms with E-state index in [0.29, 0.717) is 12.8 Å². The SMILES string of the molecule is CCCCCCCCCCCCCCC(O)CC(=O)NC(COP(=O)(O)OCCN)C(O)CCCCCCCCCCCC. The number of nitrogens with two attached hydrogens (primary N) is 1. The van der Waals surface area contributed by atoms with Crippen LogP contribution in [0.15, 0.2) is 0 Å². The van der Waals surface area contributed by atoms with Crippen LogP contribution in [-0.4, -0.2) is 59.0 Å². The van der Waals surface area contributed by atoms with Crippen LogP contribution in [0, 0.1) is 0 Å². The van der Waals surface area contributed by atoms with E-state index >= 15 is 0 Å². The molecular formula is C34H71N2O7P. The first-order chi connectivity index (χ1) is 21.3. The van der Waals surface area contributed by atoms with Crippen LogP contribution in [0.1, 0.15) is 174 Å². The summed E-state index contributed by atoms with van der Waals surface area (Å²) in [6, 6.07) is -0.887. The number of amides is 1. The normalized spacial score (nSPS) is 15.1. The van der Waals surface area contributed by atoms with Gasteiger partial charge in [0.1, 0.15) is 0 Å². The monoisotopic (exact) mass is 650 g/mol. The average Bonchev–Trinajstić information content (AvgIpc) is 2.99. The van der Waals surface area contributed by atoms with E-state index in [4.69, 9.17) is 14.8 Å². The lowest BCUT2D eigenvalue weighted by molar-refractivity contribution is -0.125. The largest absolute Gasteiger partial charge is 0.472 e. The van der Waals surface area contributed by atoms with Gasteiger partial charge in [-0.05, 0) is 12.8 Å². The van der Waals surface area contributed by atoms with E-state index in [0.717, 1.165) is 38.5 Å². The van der Waals surface area contributed by atoms with Crippen LogP contribution in [0.2, 0.25) is 0 Å². The highest BCUT2D eigenvalue weighted by Crippen LogP contribution is 2.43. The zero-order valence-electron chi connectivity index (χ0n) is 28.5. The van der Waals surface area contributed by atoms with E-state index in [1.165, 1.54) is 103 Å². The van der Waals surface area contributed by atoms with Gasteiger partial charge in [0.25, 0.3) is 0 Å². The first-order valence-corrected chi connectivity index (χ1v) is 19.7. The third kappa shape index (κ3) is 28.9. The van der Waals surface area contributed by atoms with Crippen LogP contribution in [0.3, 0.4) is 0 Å². The van der Waals surface area contributed by atoms with Gasteiger partial charge in [-0.15, -0.1) is 0 Å². The molecule has 6 N–H and O–H groups in total. The van der Waals surface area contributed by atoms with E-state index in [-0.39, 0.29) is 26.2 Å². The van der Waals surface area contributed by atoms with Crippen LogP contribution >= 0.6 is 7.82 Å². The van der Waals surface area contributed by atoms with Crippen molar-refractivity contribution in [1.29, 1.82) is 0 Å². The second-order valence-corrected chi connectivity index (χ2v) is 14.1. The number of rotatable bonds is 34. The van der Waals surface area contributed by atoms with Gasteiger partial charge in [-0.25, -0.2) is 4.57 Å². The molecule has 0 spiro atoms. The molecule has 0 aliphatic rings. The van der Waals surface area contributed by atoms with E-state index in [1.54, 1.807) is 0 Å². The summed E-state index contributed by atoms with van der Waals surface area (Å²) in [5.41, 5.74) is 5.34. The molecule has 0 radical (unpaired) electrons. The first-order valence-electron chi connectivity index (χ1n) is 18.2. The zero-order valence-corrected chi connectivity index (χ0v) is 29.4. The molecule has 10 heteroatoms. The Bertz CT molecular complexity index is 686. The molecule has 0 heterocycles. The van der Waals surface area contributed by atoms with Gasteiger partial charge >= 0.3 is 7.82 Å². The molecule has 0 saturated heterocycles. The summed E-state index contributed by atoms with van der Waals surface area (Å²) >= 11 is 0. The Morgan fingerprint density at radius 2 is 1.09 bits per heavy atom. The number of nitrogens with one attached hydrogen (secondary N) is 1. The lowest BCUT2D eigenvalue weighted by Gasteiger charge is -2.25. The molecule has 0 saturated carbocycles. The molecule has 1 amide bonds. The molecular weight excluding hydrogens is 579 g/mol. The molecule has 4 unspecified atom stereocenters. The molecule has 0 aromatic heterocycles. The van der Waals surface area contributed by atoms with Gasteiger partial charge in [-0.3, -0.25) is 13.8 Å². The van der Waals surface area contributed by atoms with Gasteiger partial charge in [0.2, 0.25) is 5.91 Å². The Morgan fingerprint density at radius 1 is 0.682 bits per heavy atom. The topological polar surface area (TPSA) is 151 Å². The summed E-state index contributed by atoms with van der Waals surface area (Å²) in [4.78, 5) is 22.6. The van der Waals surface area contributed by atoms with E-state index in [9.17, 15) is 24.5 Å². The number of unbranched alkanes of at least 4 members (excludes halogenated alkanes) is 20. The van der Waals surface area contributed by atoms with Crippen LogP contribution in [0.5, 0.6) is 0 Å². The summed E-state index contributed by atoms with van der Waals surface area (Å²) in [7, 11) is -4.36. The predicted molar refractivity (Wildman–Crippen MR) is 182 cm³/mol. The Balaban J connectivity index is 4.37. The van der Waals surface area contributed by atoms with Crippen LogP contribution in [0.25, 0.3) is 0 Å². The minimum Gasteiger partial charge on any atom is -0.393 e. The lowest BCUT2D eigenvalue weighted by Crippen LogP contribution is -2.47. The van der Waals surface area contributed by atoms with Crippen molar-refractivity contribution < 1.29 is 33.5 Å². The fraction of sp³-hybridized carbons (Fsp3) is 0.971. The maximum Gasteiger partial charge on any atom is 0.472 e. The number of aliphatic hydroxyl groups excluding tert-OH is 2. The van der Waals surface area contributed by atoms with Gasteiger partial charge in [0.15, 0.2) is 0 Å². The highest BCUT2D eigenvalue weighted by molar-refractivity contribution is 7.47. The number of aliphatic hydroxyl groups is 2. The predicted octanol–water partition coefficient (Wildman–Crippen LogP) is 8.08. The number of phosphoric acid groups is 1. The quantitative estimate of drug-likeness (QED) is 0.0346. The summed E-state index contributed by atoms with van der Waals surface area (Å²) in [6.07, 6.45) is 25.8. The molecule has 0 aliphatic heterocycles. The Labute approximate surface area is 270 Å². The summed E-state index contributed by atoms with van der Waals surface area (Å²) in [5.74, 6) is -0.414. The molecule has 44 heavy (non-hydrogen) atoms.